The first-order valence-corrected chi connectivity index (χ1v) is 13.0. The van der Waals surface area contributed by atoms with Crippen LogP contribution in [0.15, 0.2) is 42.5 Å². The molecular weight excluding hydrogens is 470 g/mol. The molecule has 0 bridgehead atoms. The van der Waals surface area contributed by atoms with Gasteiger partial charge in [-0.3, -0.25) is 0 Å². The van der Waals surface area contributed by atoms with Crippen molar-refractivity contribution in [2.75, 3.05) is 37.8 Å². The second-order valence-corrected chi connectivity index (χ2v) is 10.0. The molecule has 2 aromatic carbocycles. The third-order valence-electron chi connectivity index (χ3n) is 5.71. The molecule has 1 amide bonds. The second kappa shape index (κ2) is 13.9. The lowest BCUT2D eigenvalue weighted by atomic mass is 10.1. The number of carbonyl (C=O) groups is 1. The van der Waals surface area contributed by atoms with E-state index >= 15 is 0 Å². The third kappa shape index (κ3) is 9.60. The van der Waals surface area contributed by atoms with Crippen molar-refractivity contribution < 1.29 is 23.7 Å². The first-order chi connectivity index (χ1) is 17.8. The fourth-order valence-electron chi connectivity index (χ4n) is 3.99. The summed E-state index contributed by atoms with van der Waals surface area (Å²) in [7, 11) is 0. The number of nitrogens with one attached hydrogen (secondary N) is 1. The van der Waals surface area contributed by atoms with Gasteiger partial charge in [-0.2, -0.15) is 5.26 Å². The molecule has 1 atom stereocenters. The number of ether oxygens (including phenoxy) is 4. The van der Waals surface area contributed by atoms with Gasteiger partial charge >= 0.3 is 6.09 Å². The highest BCUT2D eigenvalue weighted by atomic mass is 16.7. The number of nitrogens with zero attached hydrogens (tertiary/aromatic N) is 2. The van der Waals surface area contributed by atoms with E-state index in [4.69, 9.17) is 18.9 Å². The summed E-state index contributed by atoms with van der Waals surface area (Å²) in [6, 6.07) is 16.2. The average molecular weight is 510 g/mol. The number of hydrogen-bond donors (Lipinski definition) is 1. The second-order valence-electron chi connectivity index (χ2n) is 10.0. The zero-order valence-corrected chi connectivity index (χ0v) is 22.4. The number of fused-ring (bicyclic) bond motifs is 1. The number of benzene rings is 2. The lowest BCUT2D eigenvalue weighted by molar-refractivity contribution is -0.143. The largest absolute Gasteiger partial charge is 0.493 e. The molecule has 2 aromatic rings. The average Bonchev–Trinajstić information content (AvgIpc) is 3.34. The Labute approximate surface area is 220 Å². The van der Waals surface area contributed by atoms with Crippen molar-refractivity contribution in [3.8, 4) is 11.8 Å². The van der Waals surface area contributed by atoms with Gasteiger partial charge in [-0.05, 0) is 68.7 Å². The lowest BCUT2D eigenvalue weighted by Crippen LogP contribution is -2.35. The Bertz CT molecular complexity index is 1040. The quantitative estimate of drug-likeness (QED) is 0.294. The van der Waals surface area contributed by atoms with Crippen molar-refractivity contribution in [2.24, 2.45) is 0 Å². The molecule has 8 heteroatoms. The molecule has 1 N–H and O–H groups in total. The van der Waals surface area contributed by atoms with Gasteiger partial charge in [0, 0.05) is 44.8 Å². The number of hydrogen-bond acceptors (Lipinski definition) is 7. The highest BCUT2D eigenvalue weighted by molar-refractivity contribution is 5.67. The van der Waals surface area contributed by atoms with E-state index in [2.05, 4.69) is 35.3 Å². The third-order valence-corrected chi connectivity index (χ3v) is 5.71. The number of carbonyl (C=O) groups excluding carboxylic acids is 1. The molecule has 3 rings (SSSR count). The van der Waals surface area contributed by atoms with Gasteiger partial charge in [0.25, 0.3) is 0 Å². The summed E-state index contributed by atoms with van der Waals surface area (Å²) in [6.07, 6.45) is 1.58. The summed E-state index contributed by atoms with van der Waals surface area (Å²) in [5.74, 6) is 0.968. The minimum Gasteiger partial charge on any atom is -0.493 e. The molecule has 0 saturated heterocycles. The summed E-state index contributed by atoms with van der Waals surface area (Å²) in [4.78, 5) is 14.1. The van der Waals surface area contributed by atoms with Crippen molar-refractivity contribution >= 4 is 11.8 Å². The van der Waals surface area contributed by atoms with Crippen LogP contribution in [0, 0.1) is 11.3 Å². The smallest absolute Gasteiger partial charge is 0.407 e. The van der Waals surface area contributed by atoms with Gasteiger partial charge < -0.3 is 29.2 Å². The van der Waals surface area contributed by atoms with Crippen LogP contribution >= 0.6 is 0 Å². The van der Waals surface area contributed by atoms with E-state index in [1.807, 2.05) is 51.1 Å². The molecule has 0 aliphatic carbocycles. The minimum absolute atomic E-state index is 0.315. The summed E-state index contributed by atoms with van der Waals surface area (Å²) in [5.41, 5.74) is 3.54. The lowest BCUT2D eigenvalue weighted by Gasteiger charge is -2.28. The van der Waals surface area contributed by atoms with Crippen LogP contribution in [0.4, 0.5) is 10.5 Å². The molecular formula is C29H39N3O5. The van der Waals surface area contributed by atoms with E-state index < -0.39 is 18.0 Å². The van der Waals surface area contributed by atoms with Crippen molar-refractivity contribution in [2.45, 2.75) is 65.4 Å². The van der Waals surface area contributed by atoms with E-state index in [0.717, 1.165) is 30.9 Å². The predicted molar refractivity (Wildman–Crippen MR) is 143 cm³/mol. The van der Waals surface area contributed by atoms with Crippen molar-refractivity contribution in [1.29, 1.82) is 5.26 Å². The molecule has 0 radical (unpaired) electrons. The zero-order valence-electron chi connectivity index (χ0n) is 22.4. The maximum atomic E-state index is 11.9. The fraction of sp³-hybridized carbons (Fsp3) is 0.517. The van der Waals surface area contributed by atoms with E-state index in [9.17, 15) is 10.1 Å². The molecule has 1 heterocycles. The predicted octanol–water partition coefficient (Wildman–Crippen LogP) is 5.18. The fourth-order valence-corrected chi connectivity index (χ4v) is 3.99. The minimum atomic E-state index is -0.543. The molecule has 0 fully saturated rings. The van der Waals surface area contributed by atoms with Gasteiger partial charge in [-0.25, -0.2) is 4.79 Å². The summed E-state index contributed by atoms with van der Waals surface area (Å²) >= 11 is 0. The first-order valence-electron chi connectivity index (χ1n) is 13.0. The van der Waals surface area contributed by atoms with Crippen molar-refractivity contribution in [3.05, 3.63) is 59.2 Å². The zero-order chi connectivity index (χ0) is 26.7. The molecule has 0 aromatic heterocycles. The van der Waals surface area contributed by atoms with Gasteiger partial charge in [0.1, 0.15) is 11.4 Å². The molecule has 1 aliphatic heterocycles. The van der Waals surface area contributed by atoms with Gasteiger partial charge in [0.2, 0.25) is 0 Å². The number of nitriles is 1. The SMILES string of the molecule is CCCO[C@@H](CCN(Cc1ccc2c(c1)CCO2)c1ccc(C#N)cc1)OCCNC(=O)OC(C)(C)C. The molecule has 8 nitrogen and oxygen atoms in total. The molecule has 37 heavy (non-hydrogen) atoms. The van der Waals surface area contributed by atoms with Crippen LogP contribution in [0.2, 0.25) is 0 Å². The maximum Gasteiger partial charge on any atom is 0.407 e. The highest BCUT2D eigenvalue weighted by Crippen LogP contribution is 2.27. The monoisotopic (exact) mass is 509 g/mol. The summed E-state index contributed by atoms with van der Waals surface area (Å²) in [6.45, 7) is 10.9. The molecule has 0 saturated carbocycles. The van der Waals surface area contributed by atoms with Gasteiger partial charge in [0.15, 0.2) is 6.29 Å². The van der Waals surface area contributed by atoms with Crippen molar-refractivity contribution in [3.63, 3.8) is 0 Å². The highest BCUT2D eigenvalue weighted by Gasteiger charge is 2.18. The van der Waals surface area contributed by atoms with Crippen LogP contribution in [0.5, 0.6) is 5.75 Å². The Morgan fingerprint density at radius 3 is 2.62 bits per heavy atom. The Hall–Kier alpha value is -3.28. The molecule has 0 spiro atoms. The van der Waals surface area contributed by atoms with Crippen molar-refractivity contribution in [1.82, 2.24) is 5.32 Å². The maximum absolute atomic E-state index is 11.9. The molecule has 0 unspecified atom stereocenters. The number of rotatable bonds is 13. The number of anilines is 1. The normalized spacial score (nSPS) is 13.3. The van der Waals surface area contributed by atoms with E-state index in [1.54, 1.807) is 0 Å². The van der Waals surface area contributed by atoms with Crippen LogP contribution in [-0.2, 0) is 27.2 Å². The van der Waals surface area contributed by atoms with Crippen LogP contribution in [0.3, 0.4) is 0 Å². The van der Waals surface area contributed by atoms with Crippen LogP contribution in [0.1, 0.15) is 57.2 Å². The molecule has 200 valence electrons. The van der Waals surface area contributed by atoms with E-state index in [-0.39, 0.29) is 0 Å². The van der Waals surface area contributed by atoms with E-state index in [0.29, 0.717) is 44.8 Å². The topological polar surface area (TPSA) is 93.0 Å². The standard InChI is InChI=1S/C29H39N3O5/c1-5-16-35-27(36-18-14-31-28(33)37-29(2,3)4)12-15-32(25-9-6-22(20-30)7-10-25)21-23-8-11-26-24(19-23)13-17-34-26/h6-11,19,27H,5,12-18,21H2,1-4H3,(H,31,33)/t27-/m1/s1. The van der Waals surface area contributed by atoms with Crippen LogP contribution < -0.4 is 15.0 Å². The van der Waals surface area contributed by atoms with Crippen LogP contribution in [-0.4, -0.2) is 50.9 Å². The Balaban J connectivity index is 1.62. The van der Waals surface area contributed by atoms with Gasteiger partial charge in [-0.15, -0.1) is 0 Å². The van der Waals surface area contributed by atoms with Crippen LogP contribution in [0.25, 0.3) is 0 Å². The Morgan fingerprint density at radius 1 is 1.16 bits per heavy atom. The molecule has 1 aliphatic rings. The summed E-state index contributed by atoms with van der Waals surface area (Å²) < 4.78 is 22.9. The Morgan fingerprint density at radius 2 is 1.92 bits per heavy atom. The number of alkyl carbamates (subject to hydrolysis) is 1. The van der Waals surface area contributed by atoms with Gasteiger partial charge in [-0.1, -0.05) is 19.1 Å². The number of amides is 1. The van der Waals surface area contributed by atoms with E-state index in [1.165, 1.54) is 11.1 Å². The first kappa shape index (κ1) is 28.3. The summed E-state index contributed by atoms with van der Waals surface area (Å²) in [5, 5.41) is 11.9. The van der Waals surface area contributed by atoms with Gasteiger partial charge in [0.05, 0.1) is 24.8 Å². The Kier molecular flexibility index (Phi) is 10.6.